The Morgan fingerprint density at radius 2 is 1.66 bits per heavy atom. The van der Waals surface area contributed by atoms with E-state index in [0.717, 1.165) is 41.3 Å². The summed E-state index contributed by atoms with van der Waals surface area (Å²) in [7, 11) is 0. The SMILES string of the molecule is NCC1CCC(C(=O)N[C@@H](Cc2ccc(OC(=O)OCc3ccccc3Br)cc2)C(=O)OCc2ccccn2)CC1. The van der Waals surface area contributed by atoms with Crippen molar-refractivity contribution < 1.29 is 28.6 Å². The molecule has 216 valence electrons. The van der Waals surface area contributed by atoms with Crippen LogP contribution in [0.15, 0.2) is 77.4 Å². The van der Waals surface area contributed by atoms with E-state index in [1.165, 1.54) is 0 Å². The van der Waals surface area contributed by atoms with Crippen LogP contribution in [0.2, 0.25) is 0 Å². The van der Waals surface area contributed by atoms with Crippen molar-refractivity contribution in [3.63, 3.8) is 0 Å². The number of carbonyl (C=O) groups is 3. The summed E-state index contributed by atoms with van der Waals surface area (Å²) < 4.78 is 16.8. The van der Waals surface area contributed by atoms with Gasteiger partial charge < -0.3 is 25.3 Å². The van der Waals surface area contributed by atoms with Crippen LogP contribution in [-0.4, -0.2) is 35.6 Å². The molecule has 1 saturated carbocycles. The van der Waals surface area contributed by atoms with Crippen LogP contribution in [-0.2, 0) is 38.7 Å². The number of halogens is 1. The average Bonchev–Trinajstić information content (AvgIpc) is 3.00. The van der Waals surface area contributed by atoms with Crippen molar-refractivity contribution >= 4 is 34.0 Å². The monoisotopic (exact) mass is 623 g/mol. The molecule has 3 aromatic rings. The van der Waals surface area contributed by atoms with Gasteiger partial charge in [0.1, 0.15) is 25.0 Å². The Balaban J connectivity index is 1.35. The van der Waals surface area contributed by atoms with E-state index in [0.29, 0.717) is 23.9 Å². The van der Waals surface area contributed by atoms with Crippen molar-refractivity contribution in [3.8, 4) is 5.75 Å². The zero-order valence-corrected chi connectivity index (χ0v) is 24.3. The van der Waals surface area contributed by atoms with Gasteiger partial charge in [-0.2, -0.15) is 0 Å². The molecule has 1 aliphatic carbocycles. The van der Waals surface area contributed by atoms with E-state index in [-0.39, 0.29) is 31.5 Å². The van der Waals surface area contributed by atoms with Gasteiger partial charge in [-0.1, -0.05) is 52.3 Å². The molecular formula is C31H34BrN3O6. The molecule has 1 aliphatic rings. The fraction of sp³-hybridized carbons (Fsp3) is 0.355. The second kappa shape index (κ2) is 15.3. The maximum atomic E-state index is 13.1. The molecule has 2 aromatic carbocycles. The number of nitrogens with two attached hydrogens (primary N) is 1. The van der Waals surface area contributed by atoms with Crippen molar-refractivity contribution in [1.82, 2.24) is 10.3 Å². The molecule has 0 spiro atoms. The van der Waals surface area contributed by atoms with Crippen LogP contribution in [0.5, 0.6) is 5.75 Å². The topological polar surface area (TPSA) is 130 Å². The summed E-state index contributed by atoms with van der Waals surface area (Å²) in [5.74, 6) is -0.136. The number of hydrogen-bond donors (Lipinski definition) is 2. The number of pyridine rings is 1. The zero-order valence-electron chi connectivity index (χ0n) is 22.7. The molecule has 1 heterocycles. The molecule has 9 nitrogen and oxygen atoms in total. The lowest BCUT2D eigenvalue weighted by molar-refractivity contribution is -0.149. The van der Waals surface area contributed by atoms with E-state index >= 15 is 0 Å². The highest BCUT2D eigenvalue weighted by molar-refractivity contribution is 9.10. The summed E-state index contributed by atoms with van der Waals surface area (Å²) in [4.78, 5) is 42.5. The van der Waals surface area contributed by atoms with E-state index in [1.807, 2.05) is 30.3 Å². The van der Waals surface area contributed by atoms with Gasteiger partial charge in [0, 0.05) is 28.6 Å². The number of amides is 1. The fourth-order valence-electron chi connectivity index (χ4n) is 4.68. The number of nitrogens with one attached hydrogen (secondary N) is 1. The summed E-state index contributed by atoms with van der Waals surface area (Å²) in [6.45, 7) is 0.690. The Morgan fingerprint density at radius 3 is 2.34 bits per heavy atom. The first kappa shape index (κ1) is 30.2. The molecule has 41 heavy (non-hydrogen) atoms. The van der Waals surface area contributed by atoms with Crippen LogP contribution in [0.4, 0.5) is 4.79 Å². The largest absolute Gasteiger partial charge is 0.514 e. The fourth-order valence-corrected chi connectivity index (χ4v) is 5.08. The second-order valence-corrected chi connectivity index (χ2v) is 10.9. The van der Waals surface area contributed by atoms with E-state index in [4.69, 9.17) is 19.9 Å². The van der Waals surface area contributed by atoms with Crippen molar-refractivity contribution in [3.05, 3.63) is 94.2 Å². The Bertz CT molecular complexity index is 1300. The molecule has 10 heteroatoms. The third kappa shape index (κ3) is 9.40. The number of benzene rings is 2. The maximum Gasteiger partial charge on any atom is 0.514 e. The summed E-state index contributed by atoms with van der Waals surface area (Å²) in [6.07, 6.45) is 4.28. The van der Waals surface area contributed by atoms with E-state index in [1.54, 1.807) is 42.6 Å². The van der Waals surface area contributed by atoms with Crippen molar-refractivity contribution in [2.75, 3.05) is 6.54 Å². The number of esters is 1. The Kier molecular flexibility index (Phi) is 11.3. The van der Waals surface area contributed by atoms with Crippen LogP contribution in [0.25, 0.3) is 0 Å². The lowest BCUT2D eigenvalue weighted by Crippen LogP contribution is -2.46. The molecule has 1 fully saturated rings. The first-order valence-corrected chi connectivity index (χ1v) is 14.4. The van der Waals surface area contributed by atoms with E-state index in [9.17, 15) is 14.4 Å². The van der Waals surface area contributed by atoms with Gasteiger partial charge in [0.05, 0.1) is 5.69 Å². The van der Waals surface area contributed by atoms with Crippen molar-refractivity contribution in [1.29, 1.82) is 0 Å². The van der Waals surface area contributed by atoms with Crippen LogP contribution >= 0.6 is 15.9 Å². The van der Waals surface area contributed by atoms with Gasteiger partial charge in [0.2, 0.25) is 5.91 Å². The molecule has 3 N–H and O–H groups in total. The maximum absolute atomic E-state index is 13.1. The number of carbonyl (C=O) groups excluding carboxylic acids is 3. The molecule has 0 radical (unpaired) electrons. The normalized spacial score (nSPS) is 17.2. The zero-order chi connectivity index (χ0) is 29.0. The molecule has 1 amide bonds. The number of nitrogens with zero attached hydrogens (tertiary/aromatic N) is 1. The molecule has 0 aliphatic heterocycles. The second-order valence-electron chi connectivity index (χ2n) is 10.0. The number of hydrogen-bond acceptors (Lipinski definition) is 8. The average molecular weight is 625 g/mol. The molecule has 0 saturated heterocycles. The van der Waals surface area contributed by atoms with Crippen molar-refractivity contribution in [2.24, 2.45) is 17.6 Å². The Hall–Kier alpha value is -3.76. The molecule has 4 rings (SSSR count). The van der Waals surface area contributed by atoms with Gasteiger partial charge in [0.25, 0.3) is 0 Å². The van der Waals surface area contributed by atoms with Crippen LogP contribution in [0.1, 0.15) is 42.5 Å². The molecule has 1 atom stereocenters. The minimum atomic E-state index is -0.889. The van der Waals surface area contributed by atoms with E-state index < -0.39 is 18.2 Å². The summed E-state index contributed by atoms with van der Waals surface area (Å²) in [5.41, 5.74) is 7.97. The molecule has 0 bridgehead atoms. The van der Waals surface area contributed by atoms with Crippen LogP contribution in [0, 0.1) is 11.8 Å². The highest BCUT2D eigenvalue weighted by Gasteiger charge is 2.30. The lowest BCUT2D eigenvalue weighted by atomic mass is 9.81. The van der Waals surface area contributed by atoms with Gasteiger partial charge in [-0.25, -0.2) is 9.59 Å². The van der Waals surface area contributed by atoms with Gasteiger partial charge in [-0.05, 0) is 74.0 Å². The third-order valence-corrected chi connectivity index (χ3v) is 7.88. The summed E-state index contributed by atoms with van der Waals surface area (Å²) >= 11 is 3.42. The van der Waals surface area contributed by atoms with Gasteiger partial charge in [-0.3, -0.25) is 9.78 Å². The Labute approximate surface area is 247 Å². The smallest absolute Gasteiger partial charge is 0.458 e. The highest BCUT2D eigenvalue weighted by atomic mass is 79.9. The number of rotatable bonds is 11. The molecule has 0 unspecified atom stereocenters. The lowest BCUT2D eigenvalue weighted by Gasteiger charge is -2.28. The first-order chi connectivity index (χ1) is 19.9. The van der Waals surface area contributed by atoms with Gasteiger partial charge in [-0.15, -0.1) is 0 Å². The molecule has 1 aromatic heterocycles. The molecular weight excluding hydrogens is 590 g/mol. The van der Waals surface area contributed by atoms with Crippen molar-refractivity contribution in [2.45, 2.75) is 51.4 Å². The Morgan fingerprint density at radius 1 is 0.927 bits per heavy atom. The highest BCUT2D eigenvalue weighted by Crippen LogP contribution is 2.28. The van der Waals surface area contributed by atoms with Crippen LogP contribution < -0.4 is 15.8 Å². The minimum absolute atomic E-state index is 0.00208. The summed E-state index contributed by atoms with van der Waals surface area (Å²) in [6, 6.07) is 18.6. The first-order valence-electron chi connectivity index (χ1n) is 13.6. The standard InChI is InChI=1S/C31H34BrN3O6/c32-27-7-2-1-5-24(27)19-40-31(38)41-26-14-10-21(11-15-26)17-28(30(37)39-20-25-6-3-4-16-34-25)35-29(36)23-12-8-22(18-33)9-13-23/h1-7,10-11,14-16,22-23,28H,8-9,12-13,17-20,33H2,(H,35,36)/t22?,23?,28-/m0/s1. The van der Waals surface area contributed by atoms with Gasteiger partial charge in [0.15, 0.2) is 0 Å². The third-order valence-electron chi connectivity index (χ3n) is 7.11. The predicted octanol–water partition coefficient (Wildman–Crippen LogP) is 5.10. The predicted molar refractivity (Wildman–Crippen MR) is 156 cm³/mol. The summed E-state index contributed by atoms with van der Waals surface area (Å²) in [5, 5.41) is 2.91. The number of aromatic nitrogens is 1. The number of ether oxygens (including phenoxy) is 3. The van der Waals surface area contributed by atoms with E-state index in [2.05, 4.69) is 26.2 Å². The quantitative estimate of drug-likeness (QED) is 0.223. The minimum Gasteiger partial charge on any atom is -0.458 e. The van der Waals surface area contributed by atoms with Gasteiger partial charge >= 0.3 is 12.1 Å². The van der Waals surface area contributed by atoms with Crippen LogP contribution in [0.3, 0.4) is 0 Å².